The van der Waals surface area contributed by atoms with Crippen LogP contribution in [0.5, 0.6) is 0 Å². The Morgan fingerprint density at radius 1 is 1.50 bits per heavy atom. The molecule has 2 atom stereocenters. The maximum atomic E-state index is 12.4. The van der Waals surface area contributed by atoms with E-state index >= 15 is 0 Å². The van der Waals surface area contributed by atoms with Gasteiger partial charge in [-0.1, -0.05) is 15.9 Å². The van der Waals surface area contributed by atoms with Gasteiger partial charge < -0.3 is 15.1 Å². The van der Waals surface area contributed by atoms with Gasteiger partial charge in [-0.25, -0.2) is 4.98 Å². The first-order valence-corrected chi connectivity index (χ1v) is 8.91. The lowest BCUT2D eigenvalue weighted by atomic mass is 9.99. The van der Waals surface area contributed by atoms with Gasteiger partial charge in [-0.3, -0.25) is 9.69 Å². The highest BCUT2D eigenvalue weighted by molar-refractivity contribution is 9.10. The second kappa shape index (κ2) is 5.98. The van der Waals surface area contributed by atoms with Crippen LogP contribution in [-0.2, 0) is 6.54 Å². The van der Waals surface area contributed by atoms with Crippen LogP contribution in [-0.4, -0.2) is 33.5 Å². The number of piperidine rings is 1. The summed E-state index contributed by atoms with van der Waals surface area (Å²) >= 11 is 3.46. The Balaban J connectivity index is 1.75. The van der Waals surface area contributed by atoms with Crippen LogP contribution >= 0.6 is 15.9 Å². The summed E-state index contributed by atoms with van der Waals surface area (Å²) in [5, 5.41) is 0.848. The molecule has 0 radical (unpaired) electrons. The number of rotatable bonds is 2. The lowest BCUT2D eigenvalue weighted by molar-refractivity contribution is 0.136. The van der Waals surface area contributed by atoms with Crippen molar-refractivity contribution in [3.63, 3.8) is 0 Å². The molecule has 1 unspecified atom stereocenters. The normalized spacial score (nSPS) is 22.5. The number of nitrogens with zero attached hydrogens (tertiary/aromatic N) is 2. The highest BCUT2D eigenvalue weighted by Gasteiger charge is 2.24. The lowest BCUT2D eigenvalue weighted by Gasteiger charge is -2.35. The van der Waals surface area contributed by atoms with Crippen LogP contribution in [0, 0.1) is 0 Å². The van der Waals surface area contributed by atoms with E-state index in [2.05, 4.69) is 37.7 Å². The number of aromatic amines is 1. The molecule has 3 aromatic rings. The predicted molar refractivity (Wildman–Crippen MR) is 96.9 cm³/mol. The van der Waals surface area contributed by atoms with Gasteiger partial charge in [-0.05, 0) is 38.0 Å². The van der Waals surface area contributed by atoms with Crippen molar-refractivity contribution in [3.8, 4) is 0 Å². The second-order valence-corrected chi connectivity index (χ2v) is 7.45. The number of hydrogen-bond acceptors (Lipinski definition) is 5. The summed E-state index contributed by atoms with van der Waals surface area (Å²) < 4.78 is 6.59. The van der Waals surface area contributed by atoms with Crippen molar-refractivity contribution in [2.75, 3.05) is 6.54 Å². The number of nitrogens with one attached hydrogen (secondary N) is 1. The minimum absolute atomic E-state index is 0.233. The van der Waals surface area contributed by atoms with Crippen LogP contribution < -0.4 is 11.3 Å². The van der Waals surface area contributed by atoms with Crippen molar-refractivity contribution in [3.05, 3.63) is 38.9 Å². The Bertz CT molecular complexity index is 964. The molecule has 0 saturated carbocycles. The number of aromatic nitrogens is 2. The zero-order valence-corrected chi connectivity index (χ0v) is 15.0. The largest absolute Gasteiger partial charge is 0.449 e. The summed E-state index contributed by atoms with van der Waals surface area (Å²) in [6, 6.07) is 6.30. The number of furan rings is 1. The molecular weight excluding hydrogens is 372 g/mol. The molecule has 4 rings (SSSR count). The Kier molecular flexibility index (Phi) is 3.94. The fourth-order valence-corrected chi connectivity index (χ4v) is 3.79. The van der Waals surface area contributed by atoms with Crippen LogP contribution in [0.2, 0.25) is 0 Å². The van der Waals surface area contributed by atoms with Crippen LogP contribution in [0.15, 0.2) is 31.9 Å². The molecule has 0 spiro atoms. The quantitative estimate of drug-likeness (QED) is 0.702. The molecular formula is C17H19BrN4O2. The molecule has 0 amide bonds. The van der Waals surface area contributed by atoms with Crippen LogP contribution in [0.1, 0.15) is 25.6 Å². The monoisotopic (exact) mass is 390 g/mol. The molecule has 3 N–H and O–H groups in total. The number of likely N-dealkylation sites (tertiary alicyclic amines) is 1. The average molecular weight is 391 g/mol. The molecule has 1 aliphatic rings. The molecule has 7 heteroatoms. The number of benzene rings is 1. The van der Waals surface area contributed by atoms with Crippen molar-refractivity contribution >= 4 is 38.0 Å². The molecule has 0 aliphatic carbocycles. The molecule has 1 saturated heterocycles. The van der Waals surface area contributed by atoms with Gasteiger partial charge in [0.25, 0.3) is 5.56 Å². The molecule has 0 bridgehead atoms. The SMILES string of the molecule is C[C@H]1CC(N)CCN1Cc1nc2c(oc3ccc(Br)cc32)c(=O)[nH]1. The van der Waals surface area contributed by atoms with E-state index in [1.807, 2.05) is 18.2 Å². The minimum atomic E-state index is -0.233. The third-order valence-corrected chi connectivity index (χ3v) is 5.24. The zero-order valence-electron chi connectivity index (χ0n) is 13.4. The van der Waals surface area contributed by atoms with E-state index in [1.54, 1.807) is 0 Å². The Labute approximate surface area is 147 Å². The van der Waals surface area contributed by atoms with Gasteiger partial charge in [-0.2, -0.15) is 0 Å². The molecule has 2 aromatic heterocycles. The van der Waals surface area contributed by atoms with E-state index in [-0.39, 0.29) is 17.2 Å². The van der Waals surface area contributed by atoms with E-state index in [0.29, 0.717) is 29.5 Å². The molecule has 126 valence electrons. The van der Waals surface area contributed by atoms with Crippen molar-refractivity contribution in [1.82, 2.24) is 14.9 Å². The highest BCUT2D eigenvalue weighted by atomic mass is 79.9. The van der Waals surface area contributed by atoms with Crippen LogP contribution in [0.4, 0.5) is 0 Å². The van der Waals surface area contributed by atoms with Gasteiger partial charge in [0.2, 0.25) is 5.58 Å². The van der Waals surface area contributed by atoms with Gasteiger partial charge in [0.15, 0.2) is 0 Å². The summed E-state index contributed by atoms with van der Waals surface area (Å²) in [4.78, 5) is 22.2. The molecule has 1 aromatic carbocycles. The first kappa shape index (κ1) is 15.8. The zero-order chi connectivity index (χ0) is 16.8. The average Bonchev–Trinajstić information content (AvgIpc) is 2.89. The van der Waals surface area contributed by atoms with Crippen LogP contribution in [0.3, 0.4) is 0 Å². The number of halogens is 1. The van der Waals surface area contributed by atoms with E-state index in [1.165, 1.54) is 0 Å². The highest BCUT2D eigenvalue weighted by Crippen LogP contribution is 2.28. The third-order valence-electron chi connectivity index (χ3n) is 4.74. The number of hydrogen-bond donors (Lipinski definition) is 2. The molecule has 1 fully saturated rings. The number of fused-ring (bicyclic) bond motifs is 3. The summed E-state index contributed by atoms with van der Waals surface area (Å²) in [7, 11) is 0. The smallest absolute Gasteiger partial charge is 0.294 e. The first-order chi connectivity index (χ1) is 11.5. The van der Waals surface area contributed by atoms with E-state index in [4.69, 9.17) is 10.2 Å². The van der Waals surface area contributed by atoms with Crippen molar-refractivity contribution in [2.24, 2.45) is 5.73 Å². The maximum Gasteiger partial charge on any atom is 0.294 e. The third kappa shape index (κ3) is 2.76. The first-order valence-electron chi connectivity index (χ1n) is 8.12. The van der Waals surface area contributed by atoms with Crippen molar-refractivity contribution in [2.45, 2.75) is 38.4 Å². The summed E-state index contributed by atoms with van der Waals surface area (Å²) in [6.45, 7) is 3.70. The Morgan fingerprint density at radius 3 is 3.12 bits per heavy atom. The van der Waals surface area contributed by atoms with E-state index < -0.39 is 0 Å². The predicted octanol–water partition coefficient (Wildman–Crippen LogP) is 2.74. The maximum absolute atomic E-state index is 12.4. The van der Waals surface area contributed by atoms with Gasteiger partial charge in [0.1, 0.15) is 16.9 Å². The molecule has 24 heavy (non-hydrogen) atoms. The van der Waals surface area contributed by atoms with E-state index in [0.717, 1.165) is 29.2 Å². The van der Waals surface area contributed by atoms with Gasteiger partial charge >= 0.3 is 0 Å². The fraction of sp³-hybridized carbons (Fsp3) is 0.412. The summed E-state index contributed by atoms with van der Waals surface area (Å²) in [5.74, 6) is 0.664. The second-order valence-electron chi connectivity index (χ2n) is 6.54. The van der Waals surface area contributed by atoms with E-state index in [9.17, 15) is 4.79 Å². The minimum Gasteiger partial charge on any atom is -0.449 e. The summed E-state index contributed by atoms with van der Waals surface area (Å²) in [6.07, 6.45) is 1.94. The van der Waals surface area contributed by atoms with Crippen molar-refractivity contribution in [1.29, 1.82) is 0 Å². The Morgan fingerprint density at radius 2 is 2.33 bits per heavy atom. The fourth-order valence-electron chi connectivity index (χ4n) is 3.43. The Hall–Kier alpha value is -1.70. The van der Waals surface area contributed by atoms with Gasteiger partial charge in [0.05, 0.1) is 6.54 Å². The summed E-state index contributed by atoms with van der Waals surface area (Å²) in [5.41, 5.74) is 7.35. The van der Waals surface area contributed by atoms with Gasteiger partial charge in [-0.15, -0.1) is 0 Å². The van der Waals surface area contributed by atoms with Gasteiger partial charge in [0, 0.05) is 28.5 Å². The number of nitrogens with two attached hydrogens (primary N) is 1. The topological polar surface area (TPSA) is 88.2 Å². The van der Waals surface area contributed by atoms with Crippen LogP contribution in [0.25, 0.3) is 22.1 Å². The molecule has 3 heterocycles. The lowest BCUT2D eigenvalue weighted by Crippen LogP contribution is -2.45. The van der Waals surface area contributed by atoms with Crippen molar-refractivity contribution < 1.29 is 4.42 Å². The standard InChI is InChI=1S/C17H19BrN4O2/c1-9-6-11(19)4-5-22(9)8-14-20-15-12-7-10(18)2-3-13(12)24-16(15)17(23)21-14/h2-3,7,9,11H,4-6,8,19H2,1H3,(H,20,21,23)/t9-,11?/m0/s1. The molecule has 6 nitrogen and oxygen atoms in total. The molecule has 1 aliphatic heterocycles. The number of H-pyrrole nitrogens is 1.